The van der Waals surface area contributed by atoms with Crippen LogP contribution >= 0.6 is 0 Å². The molecule has 5 aromatic carbocycles. The molecule has 0 radical (unpaired) electrons. The quantitative estimate of drug-likeness (QED) is 0.200. The first kappa shape index (κ1) is 25.2. The Kier molecular flexibility index (Phi) is 5.37. The molecule has 2 heterocycles. The minimum absolute atomic E-state index is 0.0204. The average Bonchev–Trinajstić information content (AvgIpc) is 3.54. The normalized spacial score (nSPS) is 19.4. The van der Waals surface area contributed by atoms with Gasteiger partial charge in [0.1, 0.15) is 0 Å². The average molecular weight is 566 g/mol. The lowest BCUT2D eigenvalue weighted by Gasteiger charge is -2.28. The van der Waals surface area contributed by atoms with Crippen LogP contribution in [0.25, 0.3) is 44.1 Å². The molecule has 3 heteroatoms. The molecule has 0 saturated heterocycles. The molecular formula is C41H31N3. The molecule has 0 fully saturated rings. The zero-order valence-corrected chi connectivity index (χ0v) is 24.8. The van der Waals surface area contributed by atoms with Crippen LogP contribution in [-0.4, -0.2) is 22.3 Å². The smallest absolute Gasteiger partial charge is 0.230 e. The topological polar surface area (TPSA) is 29.6 Å². The Morgan fingerprint density at radius 3 is 2.18 bits per heavy atom. The van der Waals surface area contributed by atoms with Crippen LogP contribution in [-0.2, 0) is 5.41 Å². The third-order valence-corrected chi connectivity index (χ3v) is 9.77. The molecule has 210 valence electrons. The van der Waals surface area contributed by atoms with Crippen molar-refractivity contribution in [1.29, 1.82) is 0 Å². The Balaban J connectivity index is 1.30. The van der Waals surface area contributed by atoms with Gasteiger partial charge in [-0.15, -0.1) is 0 Å². The molecule has 0 spiro atoms. The van der Waals surface area contributed by atoms with Crippen molar-refractivity contribution in [2.75, 3.05) is 0 Å². The second-order valence-corrected chi connectivity index (χ2v) is 12.6. The summed E-state index contributed by atoms with van der Waals surface area (Å²) < 4.78 is 2.34. The molecule has 0 amide bonds. The van der Waals surface area contributed by atoms with Crippen LogP contribution < -0.4 is 0 Å². The summed E-state index contributed by atoms with van der Waals surface area (Å²) in [5.41, 5.74) is 12.2. The number of aromatic nitrogens is 1. The summed E-state index contributed by atoms with van der Waals surface area (Å²) >= 11 is 0. The van der Waals surface area contributed by atoms with E-state index in [-0.39, 0.29) is 17.4 Å². The highest BCUT2D eigenvalue weighted by atomic mass is 15.2. The van der Waals surface area contributed by atoms with Crippen molar-refractivity contribution in [2.24, 2.45) is 15.9 Å². The minimum atomic E-state index is -0.0906. The highest BCUT2D eigenvalue weighted by molar-refractivity contribution is 6.21. The van der Waals surface area contributed by atoms with E-state index in [1.807, 2.05) is 0 Å². The molecule has 0 bridgehead atoms. The number of para-hydroxylation sites is 1. The van der Waals surface area contributed by atoms with Gasteiger partial charge in [0, 0.05) is 27.7 Å². The van der Waals surface area contributed by atoms with Crippen molar-refractivity contribution in [3.05, 3.63) is 156 Å². The molecule has 6 aromatic rings. The number of fused-ring (bicyclic) bond motifs is 8. The summed E-state index contributed by atoms with van der Waals surface area (Å²) in [6.07, 6.45) is 8.71. The maximum Gasteiger partial charge on any atom is 0.230 e. The van der Waals surface area contributed by atoms with Crippen molar-refractivity contribution in [3.8, 4) is 22.3 Å². The lowest BCUT2D eigenvalue weighted by atomic mass is 9.82. The lowest BCUT2D eigenvalue weighted by molar-refractivity contribution is 0.661. The van der Waals surface area contributed by atoms with Crippen LogP contribution in [0.15, 0.2) is 150 Å². The van der Waals surface area contributed by atoms with Crippen LogP contribution in [0.2, 0.25) is 0 Å². The fourth-order valence-electron chi connectivity index (χ4n) is 7.59. The Bertz CT molecular complexity index is 2240. The number of allylic oxidation sites excluding steroid dienone is 2. The second-order valence-electron chi connectivity index (χ2n) is 12.6. The molecule has 0 N–H and O–H groups in total. The molecule has 2 atom stereocenters. The van der Waals surface area contributed by atoms with Crippen molar-refractivity contribution in [2.45, 2.75) is 25.3 Å². The van der Waals surface area contributed by atoms with Gasteiger partial charge in [-0.05, 0) is 39.4 Å². The van der Waals surface area contributed by atoms with Crippen molar-refractivity contribution in [3.63, 3.8) is 0 Å². The fourth-order valence-corrected chi connectivity index (χ4v) is 7.59. The van der Waals surface area contributed by atoms with E-state index in [0.717, 1.165) is 22.8 Å². The SMILES string of the molecule is CC1(C)c2ccccc2-c2c1ccc1c3ccccc3n(C3=NC4C=CC=CC4C(c4ccc(-c5ccccc5)cc4)=N3)c21. The van der Waals surface area contributed by atoms with E-state index in [0.29, 0.717) is 0 Å². The fraction of sp³-hybridized carbons (Fsp3) is 0.122. The van der Waals surface area contributed by atoms with Gasteiger partial charge in [-0.2, -0.15) is 0 Å². The Morgan fingerprint density at radius 1 is 0.614 bits per heavy atom. The molecule has 2 unspecified atom stereocenters. The van der Waals surface area contributed by atoms with E-state index < -0.39 is 0 Å². The third kappa shape index (κ3) is 3.56. The molecule has 1 aliphatic heterocycles. The van der Waals surface area contributed by atoms with E-state index in [1.165, 1.54) is 49.7 Å². The van der Waals surface area contributed by atoms with Gasteiger partial charge in [-0.1, -0.05) is 147 Å². The van der Waals surface area contributed by atoms with E-state index in [9.17, 15) is 0 Å². The molecular weight excluding hydrogens is 534 g/mol. The summed E-state index contributed by atoms with van der Waals surface area (Å²) in [4.78, 5) is 10.8. The Morgan fingerprint density at radius 2 is 1.32 bits per heavy atom. The van der Waals surface area contributed by atoms with Crippen LogP contribution in [0.5, 0.6) is 0 Å². The molecule has 9 rings (SSSR count). The molecule has 3 aliphatic rings. The minimum Gasteiger partial charge on any atom is -0.278 e. The first-order valence-corrected chi connectivity index (χ1v) is 15.4. The van der Waals surface area contributed by atoms with Gasteiger partial charge in [-0.3, -0.25) is 4.57 Å². The van der Waals surface area contributed by atoms with Gasteiger partial charge >= 0.3 is 0 Å². The van der Waals surface area contributed by atoms with Crippen molar-refractivity contribution >= 4 is 33.5 Å². The molecule has 3 nitrogen and oxygen atoms in total. The molecule has 2 aliphatic carbocycles. The van der Waals surface area contributed by atoms with Crippen LogP contribution in [0.4, 0.5) is 0 Å². The molecule has 44 heavy (non-hydrogen) atoms. The predicted molar refractivity (Wildman–Crippen MR) is 184 cm³/mol. The number of hydrogen-bond acceptors (Lipinski definition) is 2. The summed E-state index contributed by atoms with van der Waals surface area (Å²) in [6.45, 7) is 4.68. The zero-order chi connectivity index (χ0) is 29.4. The van der Waals surface area contributed by atoms with Crippen molar-refractivity contribution in [1.82, 2.24) is 4.57 Å². The van der Waals surface area contributed by atoms with Gasteiger partial charge < -0.3 is 0 Å². The van der Waals surface area contributed by atoms with Crippen LogP contribution in [0.1, 0.15) is 30.5 Å². The van der Waals surface area contributed by atoms with E-state index >= 15 is 0 Å². The van der Waals surface area contributed by atoms with Gasteiger partial charge in [0.2, 0.25) is 5.96 Å². The van der Waals surface area contributed by atoms with Gasteiger partial charge in [-0.25, -0.2) is 9.98 Å². The Labute approximate surface area is 257 Å². The van der Waals surface area contributed by atoms with Crippen LogP contribution in [0, 0.1) is 5.92 Å². The Hall–Kier alpha value is -5.28. The number of hydrogen-bond donors (Lipinski definition) is 0. The first-order chi connectivity index (χ1) is 21.6. The molecule has 0 saturated carbocycles. The highest BCUT2D eigenvalue weighted by Crippen LogP contribution is 2.52. The summed E-state index contributed by atoms with van der Waals surface area (Å²) in [5.74, 6) is 0.833. The van der Waals surface area contributed by atoms with E-state index in [4.69, 9.17) is 9.98 Å². The maximum atomic E-state index is 5.44. The van der Waals surface area contributed by atoms with Crippen molar-refractivity contribution < 1.29 is 0 Å². The van der Waals surface area contributed by atoms with Gasteiger partial charge in [0.15, 0.2) is 0 Å². The largest absolute Gasteiger partial charge is 0.278 e. The summed E-state index contributed by atoms with van der Waals surface area (Å²) in [5, 5.41) is 2.46. The van der Waals surface area contributed by atoms with Crippen LogP contribution in [0.3, 0.4) is 0 Å². The molecule has 1 aromatic heterocycles. The zero-order valence-electron chi connectivity index (χ0n) is 24.8. The monoisotopic (exact) mass is 565 g/mol. The second kappa shape index (κ2) is 9.36. The summed E-state index contributed by atoms with van der Waals surface area (Å²) in [7, 11) is 0. The lowest BCUT2D eigenvalue weighted by Crippen LogP contribution is -2.33. The highest BCUT2D eigenvalue weighted by Gasteiger charge is 2.38. The van der Waals surface area contributed by atoms with Gasteiger partial charge in [0.05, 0.1) is 22.8 Å². The predicted octanol–water partition coefficient (Wildman–Crippen LogP) is 9.59. The number of aliphatic imine (C=N–C) groups is 2. The number of nitrogens with zero attached hydrogens (tertiary/aromatic N) is 3. The number of rotatable bonds is 2. The van der Waals surface area contributed by atoms with E-state index in [2.05, 4.69) is 158 Å². The first-order valence-electron chi connectivity index (χ1n) is 15.4. The summed E-state index contributed by atoms with van der Waals surface area (Å²) in [6, 6.07) is 41.6. The standard InChI is InChI=1S/C41H31N3/c1-41(2)33-17-9-6-15-31(33)37-34(41)25-24-30-29-14-8-11-19-36(29)44(39(30)37)40-42-35-18-10-7-16-32(35)38(43-40)28-22-20-27(21-23-28)26-12-4-3-5-13-26/h3-25,32,35H,1-2H3. The van der Waals surface area contributed by atoms with Gasteiger partial charge in [0.25, 0.3) is 0 Å². The number of benzene rings is 5. The van der Waals surface area contributed by atoms with E-state index in [1.54, 1.807) is 0 Å². The third-order valence-electron chi connectivity index (χ3n) is 9.77. The maximum absolute atomic E-state index is 5.44.